The van der Waals surface area contributed by atoms with Crippen LogP contribution in [-0.2, 0) is 22.5 Å². The predicted octanol–water partition coefficient (Wildman–Crippen LogP) is 1.57. The summed E-state index contributed by atoms with van der Waals surface area (Å²) in [5.41, 5.74) is 2.20. The molecule has 0 spiro atoms. The number of carbonyl (C=O) groups is 1. The number of aromatic nitrogens is 2. The maximum Gasteiger partial charge on any atom is 0.224 e. The Bertz CT molecular complexity index is 552. The Kier molecular flexibility index (Phi) is 5.97. The summed E-state index contributed by atoms with van der Waals surface area (Å²) in [6.07, 6.45) is 4.05. The number of hydrogen-bond acceptors (Lipinski definition) is 3. The van der Waals surface area contributed by atoms with Crippen molar-refractivity contribution in [2.75, 3.05) is 19.8 Å². The number of benzene rings is 1. The van der Waals surface area contributed by atoms with E-state index in [1.807, 2.05) is 48.1 Å². The maximum atomic E-state index is 11.8. The minimum absolute atomic E-state index is 0.0243. The first-order chi connectivity index (χ1) is 10.2. The van der Waals surface area contributed by atoms with E-state index in [9.17, 15) is 4.79 Å². The molecule has 0 fully saturated rings. The fourth-order valence-corrected chi connectivity index (χ4v) is 2.03. The Morgan fingerprint density at radius 2 is 2.24 bits per heavy atom. The molecule has 0 saturated carbocycles. The molecule has 2 aromatic rings. The summed E-state index contributed by atoms with van der Waals surface area (Å²) in [7, 11) is 0. The number of carbonyl (C=O) groups excluding carboxylic acids is 1. The summed E-state index contributed by atoms with van der Waals surface area (Å²) < 4.78 is 7.27. The molecule has 21 heavy (non-hydrogen) atoms. The van der Waals surface area contributed by atoms with Gasteiger partial charge in [-0.1, -0.05) is 29.8 Å². The lowest BCUT2D eigenvalue weighted by atomic mass is 10.1. The molecule has 1 heterocycles. The Labute approximate surface area is 124 Å². The molecule has 0 saturated heterocycles. The molecular weight excluding hydrogens is 266 g/mol. The van der Waals surface area contributed by atoms with Gasteiger partial charge in [-0.25, -0.2) is 0 Å². The zero-order chi connectivity index (χ0) is 14.9. The largest absolute Gasteiger partial charge is 0.378 e. The maximum absolute atomic E-state index is 11.8. The molecule has 1 aromatic carbocycles. The van der Waals surface area contributed by atoms with Gasteiger partial charge in [0.25, 0.3) is 0 Å². The number of rotatable bonds is 8. The Balaban J connectivity index is 1.55. The van der Waals surface area contributed by atoms with Gasteiger partial charge in [0.15, 0.2) is 0 Å². The van der Waals surface area contributed by atoms with E-state index in [4.69, 9.17) is 4.74 Å². The minimum Gasteiger partial charge on any atom is -0.378 e. The topological polar surface area (TPSA) is 56.1 Å². The van der Waals surface area contributed by atoms with Gasteiger partial charge in [0.1, 0.15) is 0 Å². The Hall–Kier alpha value is -2.14. The van der Waals surface area contributed by atoms with Crippen molar-refractivity contribution in [1.82, 2.24) is 15.1 Å². The molecule has 1 N–H and O–H groups in total. The molecule has 0 aliphatic heterocycles. The smallest absolute Gasteiger partial charge is 0.224 e. The molecule has 1 amide bonds. The lowest BCUT2D eigenvalue weighted by Crippen LogP contribution is -2.29. The second-order valence-electron chi connectivity index (χ2n) is 4.90. The summed E-state index contributed by atoms with van der Waals surface area (Å²) >= 11 is 0. The highest BCUT2D eigenvalue weighted by Crippen LogP contribution is 2.04. The highest BCUT2D eigenvalue weighted by Gasteiger charge is 2.02. The summed E-state index contributed by atoms with van der Waals surface area (Å²) in [5.74, 6) is 0.0243. The first-order valence-corrected chi connectivity index (χ1v) is 7.11. The summed E-state index contributed by atoms with van der Waals surface area (Å²) in [6, 6.07) is 9.87. The molecule has 5 nitrogen and oxygen atoms in total. The van der Waals surface area contributed by atoms with Crippen molar-refractivity contribution in [3.8, 4) is 0 Å². The van der Waals surface area contributed by atoms with Gasteiger partial charge in [0.2, 0.25) is 5.91 Å². The molecule has 0 unspecified atom stereocenters. The van der Waals surface area contributed by atoms with Crippen molar-refractivity contribution in [2.45, 2.75) is 19.9 Å². The van der Waals surface area contributed by atoms with Crippen LogP contribution >= 0.6 is 0 Å². The first-order valence-electron chi connectivity index (χ1n) is 7.11. The third-order valence-corrected chi connectivity index (χ3v) is 3.04. The molecule has 1 aromatic heterocycles. The number of amides is 1. The van der Waals surface area contributed by atoms with Crippen LogP contribution in [0.3, 0.4) is 0 Å². The number of nitrogens with one attached hydrogen (secondary N) is 1. The van der Waals surface area contributed by atoms with E-state index in [2.05, 4.69) is 10.4 Å². The molecule has 112 valence electrons. The second kappa shape index (κ2) is 8.21. The lowest BCUT2D eigenvalue weighted by Gasteiger charge is -2.07. The molecular formula is C16H21N3O2. The van der Waals surface area contributed by atoms with Crippen molar-refractivity contribution in [2.24, 2.45) is 0 Å². The number of nitrogens with zero attached hydrogens (tertiary/aromatic N) is 2. The van der Waals surface area contributed by atoms with Gasteiger partial charge in [0.05, 0.1) is 26.2 Å². The molecule has 0 aliphatic rings. The fourth-order valence-electron chi connectivity index (χ4n) is 2.03. The summed E-state index contributed by atoms with van der Waals surface area (Å²) in [6.45, 7) is 4.39. The van der Waals surface area contributed by atoms with Crippen LogP contribution in [0.2, 0.25) is 0 Å². The van der Waals surface area contributed by atoms with E-state index in [1.165, 1.54) is 5.56 Å². The van der Waals surface area contributed by atoms with E-state index in [0.717, 1.165) is 12.1 Å². The molecule has 0 radical (unpaired) electrons. The van der Waals surface area contributed by atoms with Crippen molar-refractivity contribution >= 4 is 5.91 Å². The van der Waals surface area contributed by atoms with Crippen LogP contribution in [0.5, 0.6) is 0 Å². The quantitative estimate of drug-likeness (QED) is 0.750. The van der Waals surface area contributed by atoms with Crippen LogP contribution in [0.4, 0.5) is 0 Å². The molecule has 0 aliphatic carbocycles. The normalized spacial score (nSPS) is 10.5. The third kappa shape index (κ3) is 5.79. The second-order valence-corrected chi connectivity index (χ2v) is 4.90. The van der Waals surface area contributed by atoms with Gasteiger partial charge in [-0.15, -0.1) is 0 Å². The van der Waals surface area contributed by atoms with Crippen molar-refractivity contribution in [1.29, 1.82) is 0 Å². The van der Waals surface area contributed by atoms with Crippen LogP contribution in [0.15, 0.2) is 42.7 Å². The summed E-state index contributed by atoms with van der Waals surface area (Å²) in [5, 5.41) is 6.94. The van der Waals surface area contributed by atoms with E-state index < -0.39 is 0 Å². The van der Waals surface area contributed by atoms with E-state index in [0.29, 0.717) is 26.2 Å². The van der Waals surface area contributed by atoms with Gasteiger partial charge in [0, 0.05) is 18.9 Å². The SMILES string of the molecule is Cc1cccc(CC(=O)NCCOCCn2cccn2)c1. The Morgan fingerprint density at radius 1 is 1.33 bits per heavy atom. The van der Waals surface area contributed by atoms with Gasteiger partial charge in [-0.05, 0) is 18.6 Å². The zero-order valence-corrected chi connectivity index (χ0v) is 12.3. The number of ether oxygens (including phenoxy) is 1. The van der Waals surface area contributed by atoms with Gasteiger partial charge < -0.3 is 10.1 Å². The van der Waals surface area contributed by atoms with Crippen LogP contribution in [-0.4, -0.2) is 35.4 Å². The first kappa shape index (κ1) is 15.3. The molecule has 0 bridgehead atoms. The van der Waals surface area contributed by atoms with Gasteiger partial charge >= 0.3 is 0 Å². The van der Waals surface area contributed by atoms with Crippen molar-refractivity contribution < 1.29 is 9.53 Å². The van der Waals surface area contributed by atoms with Crippen molar-refractivity contribution in [3.05, 3.63) is 53.9 Å². The highest BCUT2D eigenvalue weighted by atomic mass is 16.5. The van der Waals surface area contributed by atoms with E-state index >= 15 is 0 Å². The van der Waals surface area contributed by atoms with Crippen molar-refractivity contribution in [3.63, 3.8) is 0 Å². The predicted molar refractivity (Wildman–Crippen MR) is 80.9 cm³/mol. The van der Waals surface area contributed by atoms with E-state index in [1.54, 1.807) is 6.20 Å². The average molecular weight is 287 g/mol. The van der Waals surface area contributed by atoms with Gasteiger partial charge in [-0.2, -0.15) is 5.10 Å². The third-order valence-electron chi connectivity index (χ3n) is 3.04. The van der Waals surface area contributed by atoms with Crippen LogP contribution in [0.1, 0.15) is 11.1 Å². The standard InChI is InChI=1S/C16H21N3O2/c1-14-4-2-5-15(12-14)13-16(20)17-7-10-21-11-9-19-8-3-6-18-19/h2-6,8,12H,7,9-11,13H2,1H3,(H,17,20). The number of aryl methyl sites for hydroxylation is 1. The monoisotopic (exact) mass is 287 g/mol. The molecule has 5 heteroatoms. The number of hydrogen-bond donors (Lipinski definition) is 1. The summed E-state index contributed by atoms with van der Waals surface area (Å²) in [4.78, 5) is 11.8. The molecule has 0 atom stereocenters. The minimum atomic E-state index is 0.0243. The fraction of sp³-hybridized carbons (Fsp3) is 0.375. The van der Waals surface area contributed by atoms with E-state index in [-0.39, 0.29) is 5.91 Å². The zero-order valence-electron chi connectivity index (χ0n) is 12.3. The molecule has 2 rings (SSSR count). The average Bonchev–Trinajstić information content (AvgIpc) is 2.96. The van der Waals surface area contributed by atoms with Gasteiger partial charge in [-0.3, -0.25) is 9.48 Å². The lowest BCUT2D eigenvalue weighted by molar-refractivity contribution is -0.120. The van der Waals surface area contributed by atoms with Crippen LogP contribution < -0.4 is 5.32 Å². The highest BCUT2D eigenvalue weighted by molar-refractivity contribution is 5.78. The van der Waals surface area contributed by atoms with Crippen LogP contribution in [0, 0.1) is 6.92 Å². The van der Waals surface area contributed by atoms with Crippen LogP contribution in [0.25, 0.3) is 0 Å². The Morgan fingerprint density at radius 3 is 3.00 bits per heavy atom.